The molecule has 0 bridgehead atoms. The van der Waals surface area contributed by atoms with Crippen molar-refractivity contribution >= 4 is 22.9 Å². The van der Waals surface area contributed by atoms with Crippen LogP contribution in [-0.2, 0) is 16.1 Å². The molecule has 0 aliphatic carbocycles. The number of carbonyl (C=O) groups excluding carboxylic acids is 2. The second kappa shape index (κ2) is 12.2. The summed E-state index contributed by atoms with van der Waals surface area (Å²) in [7, 11) is 0. The van der Waals surface area contributed by atoms with Gasteiger partial charge in [0.15, 0.2) is 0 Å². The summed E-state index contributed by atoms with van der Waals surface area (Å²) in [5.74, 6) is 0.695. The lowest BCUT2D eigenvalue weighted by molar-refractivity contribution is -0.121. The second-order valence-corrected chi connectivity index (χ2v) is 6.98. The molecule has 0 saturated heterocycles. The first kappa shape index (κ1) is 22.1. The zero-order chi connectivity index (χ0) is 21.7. The van der Waals surface area contributed by atoms with Crippen molar-refractivity contribution in [1.29, 1.82) is 0 Å². The van der Waals surface area contributed by atoms with Gasteiger partial charge in [0.2, 0.25) is 5.91 Å². The molecule has 0 spiro atoms. The molecule has 162 valence electrons. The highest BCUT2D eigenvalue weighted by Crippen LogP contribution is 2.22. The normalized spacial score (nSPS) is 10.5. The number of para-hydroxylation sites is 1. The van der Waals surface area contributed by atoms with E-state index in [4.69, 9.17) is 9.47 Å². The summed E-state index contributed by atoms with van der Waals surface area (Å²) in [4.78, 5) is 27.9. The van der Waals surface area contributed by atoms with Crippen molar-refractivity contribution in [3.8, 4) is 5.75 Å². The molecule has 7 nitrogen and oxygen atoms in total. The van der Waals surface area contributed by atoms with Crippen LogP contribution in [0.25, 0.3) is 10.9 Å². The lowest BCUT2D eigenvalue weighted by Gasteiger charge is -2.09. The fraction of sp³-hybridized carbons (Fsp3) is 0.292. The van der Waals surface area contributed by atoms with Gasteiger partial charge < -0.3 is 20.1 Å². The Labute approximate surface area is 181 Å². The maximum Gasteiger partial charge on any atom is 0.407 e. The fourth-order valence-electron chi connectivity index (χ4n) is 2.98. The van der Waals surface area contributed by atoms with E-state index in [9.17, 15) is 9.59 Å². The van der Waals surface area contributed by atoms with Crippen LogP contribution in [0.3, 0.4) is 0 Å². The molecule has 1 heterocycles. The van der Waals surface area contributed by atoms with Gasteiger partial charge in [-0.15, -0.1) is 0 Å². The molecule has 31 heavy (non-hydrogen) atoms. The quantitative estimate of drug-likeness (QED) is 0.460. The van der Waals surface area contributed by atoms with E-state index < -0.39 is 6.09 Å². The second-order valence-electron chi connectivity index (χ2n) is 6.98. The lowest BCUT2D eigenvalue weighted by atomic mass is 10.2. The van der Waals surface area contributed by atoms with E-state index in [-0.39, 0.29) is 12.5 Å². The summed E-state index contributed by atoms with van der Waals surface area (Å²) < 4.78 is 10.9. The van der Waals surface area contributed by atoms with E-state index in [1.165, 1.54) is 0 Å². The van der Waals surface area contributed by atoms with Gasteiger partial charge in [-0.2, -0.15) is 0 Å². The van der Waals surface area contributed by atoms with Crippen LogP contribution in [0.4, 0.5) is 4.79 Å². The fourth-order valence-corrected chi connectivity index (χ4v) is 2.98. The van der Waals surface area contributed by atoms with Crippen molar-refractivity contribution in [3.05, 3.63) is 72.4 Å². The molecular formula is C24H27N3O4. The van der Waals surface area contributed by atoms with E-state index in [1.54, 1.807) is 6.20 Å². The number of rotatable bonds is 11. The van der Waals surface area contributed by atoms with E-state index in [1.807, 2.05) is 60.7 Å². The molecule has 2 N–H and O–H groups in total. The summed E-state index contributed by atoms with van der Waals surface area (Å²) in [6.45, 7) is 1.64. The molecular weight excluding hydrogens is 394 g/mol. The van der Waals surface area contributed by atoms with Crippen molar-refractivity contribution in [1.82, 2.24) is 15.6 Å². The smallest absolute Gasteiger partial charge is 0.407 e. The van der Waals surface area contributed by atoms with E-state index >= 15 is 0 Å². The minimum Gasteiger partial charge on any atom is -0.491 e. The molecule has 2 aromatic carbocycles. The van der Waals surface area contributed by atoms with Crippen LogP contribution < -0.4 is 15.4 Å². The minimum absolute atomic E-state index is 0.0497. The Hall–Kier alpha value is -3.61. The average molecular weight is 421 g/mol. The van der Waals surface area contributed by atoms with Gasteiger partial charge in [0, 0.05) is 31.1 Å². The van der Waals surface area contributed by atoms with Gasteiger partial charge in [-0.1, -0.05) is 48.5 Å². The van der Waals surface area contributed by atoms with Crippen molar-refractivity contribution in [2.24, 2.45) is 0 Å². The SMILES string of the molecule is O=C(CCCNC(=O)OCc1ccccc1)NCCCOc1cccc2cccnc12. The largest absolute Gasteiger partial charge is 0.491 e. The number of hydrogen-bond acceptors (Lipinski definition) is 5. The highest BCUT2D eigenvalue weighted by Gasteiger charge is 2.05. The molecule has 0 fully saturated rings. The van der Waals surface area contributed by atoms with Crippen LogP contribution in [0.15, 0.2) is 66.9 Å². The summed E-state index contributed by atoms with van der Waals surface area (Å²) in [6, 6.07) is 19.2. The molecule has 0 saturated carbocycles. The number of hydrogen-bond donors (Lipinski definition) is 2. The molecule has 3 aromatic rings. The van der Waals surface area contributed by atoms with Gasteiger partial charge in [0.1, 0.15) is 17.9 Å². The third kappa shape index (κ3) is 7.62. The Morgan fingerprint density at radius 2 is 1.68 bits per heavy atom. The van der Waals surface area contributed by atoms with E-state index in [0.717, 1.165) is 22.2 Å². The Morgan fingerprint density at radius 1 is 0.871 bits per heavy atom. The molecule has 0 atom stereocenters. The molecule has 7 heteroatoms. The number of nitrogens with one attached hydrogen (secondary N) is 2. The summed E-state index contributed by atoms with van der Waals surface area (Å²) >= 11 is 0. The number of carbonyl (C=O) groups is 2. The number of aromatic nitrogens is 1. The van der Waals surface area contributed by atoms with Gasteiger partial charge in [0.25, 0.3) is 0 Å². The van der Waals surface area contributed by atoms with Crippen LogP contribution in [0.2, 0.25) is 0 Å². The van der Waals surface area contributed by atoms with Crippen molar-refractivity contribution in [2.45, 2.75) is 25.9 Å². The van der Waals surface area contributed by atoms with Crippen LogP contribution in [0.1, 0.15) is 24.8 Å². The monoisotopic (exact) mass is 421 g/mol. The van der Waals surface area contributed by atoms with E-state index in [0.29, 0.717) is 39.0 Å². The molecule has 2 amide bonds. The van der Waals surface area contributed by atoms with Crippen LogP contribution in [0, 0.1) is 0 Å². The standard InChI is InChI=1S/C24H27N3O4/c28-22(13-6-15-27-24(29)31-18-19-8-2-1-3-9-19)25-16-7-17-30-21-12-4-10-20-11-5-14-26-23(20)21/h1-5,8-12,14H,6-7,13,15-18H2,(H,25,28)(H,27,29). The molecule has 3 rings (SSSR count). The van der Waals surface area contributed by atoms with Gasteiger partial charge >= 0.3 is 6.09 Å². The predicted octanol–water partition coefficient (Wildman–Crippen LogP) is 3.83. The Kier molecular flexibility index (Phi) is 8.67. The lowest BCUT2D eigenvalue weighted by Crippen LogP contribution is -2.28. The molecule has 0 radical (unpaired) electrons. The number of fused-ring (bicyclic) bond motifs is 1. The maximum absolute atomic E-state index is 11.9. The molecule has 0 aliphatic rings. The predicted molar refractivity (Wildman–Crippen MR) is 119 cm³/mol. The van der Waals surface area contributed by atoms with Crippen LogP contribution in [-0.4, -0.2) is 36.7 Å². The summed E-state index contributed by atoms with van der Waals surface area (Å²) in [5, 5.41) is 6.55. The van der Waals surface area contributed by atoms with Gasteiger partial charge in [0.05, 0.1) is 6.61 Å². The average Bonchev–Trinajstić information content (AvgIpc) is 2.81. The third-order valence-corrected chi connectivity index (χ3v) is 4.56. The van der Waals surface area contributed by atoms with Crippen molar-refractivity contribution in [3.63, 3.8) is 0 Å². The van der Waals surface area contributed by atoms with Gasteiger partial charge in [-0.25, -0.2) is 4.79 Å². The maximum atomic E-state index is 11.9. The molecule has 1 aromatic heterocycles. The first-order chi connectivity index (χ1) is 15.2. The topological polar surface area (TPSA) is 89.6 Å². The number of nitrogens with zero attached hydrogens (tertiary/aromatic N) is 1. The number of amides is 2. The molecule has 0 unspecified atom stereocenters. The number of ether oxygens (including phenoxy) is 2. The number of pyridine rings is 1. The number of alkyl carbamates (subject to hydrolysis) is 1. The summed E-state index contributed by atoms with van der Waals surface area (Å²) in [6.07, 6.45) is 2.84. The first-order valence-corrected chi connectivity index (χ1v) is 10.4. The number of benzene rings is 2. The molecule has 0 aliphatic heterocycles. The van der Waals surface area contributed by atoms with Gasteiger partial charge in [-0.05, 0) is 30.5 Å². The third-order valence-electron chi connectivity index (χ3n) is 4.56. The van der Waals surface area contributed by atoms with Crippen molar-refractivity contribution in [2.75, 3.05) is 19.7 Å². The zero-order valence-corrected chi connectivity index (χ0v) is 17.4. The summed E-state index contributed by atoms with van der Waals surface area (Å²) in [5.41, 5.74) is 1.77. The van der Waals surface area contributed by atoms with Crippen LogP contribution in [0.5, 0.6) is 5.75 Å². The van der Waals surface area contributed by atoms with Crippen molar-refractivity contribution < 1.29 is 19.1 Å². The highest BCUT2D eigenvalue weighted by atomic mass is 16.5. The zero-order valence-electron chi connectivity index (χ0n) is 17.4. The first-order valence-electron chi connectivity index (χ1n) is 10.4. The Balaban J connectivity index is 1.22. The Bertz CT molecular complexity index is 973. The van der Waals surface area contributed by atoms with E-state index in [2.05, 4.69) is 15.6 Å². The van der Waals surface area contributed by atoms with Crippen LogP contribution >= 0.6 is 0 Å². The highest BCUT2D eigenvalue weighted by molar-refractivity contribution is 5.84. The van der Waals surface area contributed by atoms with Gasteiger partial charge in [-0.3, -0.25) is 9.78 Å². The minimum atomic E-state index is -0.482. The Morgan fingerprint density at radius 3 is 2.55 bits per heavy atom.